The first-order valence-electron chi connectivity index (χ1n) is 9.02. The number of carbonyl (C=O) groups excluding carboxylic acids is 1. The molecule has 144 valence electrons. The Labute approximate surface area is 157 Å². The van der Waals surface area contributed by atoms with Gasteiger partial charge in [-0.3, -0.25) is 19.8 Å². The molecule has 1 saturated heterocycles. The first-order valence-corrected chi connectivity index (χ1v) is 9.02. The van der Waals surface area contributed by atoms with Crippen molar-refractivity contribution in [2.24, 2.45) is 5.92 Å². The van der Waals surface area contributed by atoms with E-state index in [4.69, 9.17) is 4.52 Å². The van der Waals surface area contributed by atoms with E-state index in [0.29, 0.717) is 30.4 Å². The van der Waals surface area contributed by atoms with E-state index < -0.39 is 4.92 Å². The van der Waals surface area contributed by atoms with Crippen molar-refractivity contribution in [1.82, 2.24) is 19.9 Å². The van der Waals surface area contributed by atoms with Gasteiger partial charge in [0.25, 0.3) is 5.69 Å². The van der Waals surface area contributed by atoms with Crippen LogP contribution >= 0.6 is 0 Å². The summed E-state index contributed by atoms with van der Waals surface area (Å²) in [5.74, 6) is 1.10. The van der Waals surface area contributed by atoms with Gasteiger partial charge in [-0.2, -0.15) is 4.98 Å². The molecule has 0 radical (unpaired) electrons. The molecule has 1 aromatic heterocycles. The van der Waals surface area contributed by atoms with Gasteiger partial charge < -0.3 is 9.42 Å². The Morgan fingerprint density at radius 2 is 1.96 bits per heavy atom. The molecular formula is C18H23N5O4. The fraction of sp³-hybridized carbons (Fsp3) is 0.500. The van der Waals surface area contributed by atoms with E-state index in [-0.39, 0.29) is 17.5 Å². The fourth-order valence-electron chi connectivity index (χ4n) is 3.07. The molecule has 2 aromatic rings. The fourth-order valence-corrected chi connectivity index (χ4v) is 3.07. The molecule has 9 nitrogen and oxygen atoms in total. The molecule has 3 rings (SSSR count). The van der Waals surface area contributed by atoms with Gasteiger partial charge in [-0.05, 0) is 18.6 Å². The van der Waals surface area contributed by atoms with Crippen LogP contribution in [0.25, 0.3) is 11.4 Å². The summed E-state index contributed by atoms with van der Waals surface area (Å²) in [5.41, 5.74) is 0.688. The molecule has 1 aromatic carbocycles. The number of carbonyl (C=O) groups is 1. The predicted octanol–water partition coefficient (Wildman–Crippen LogP) is 2.34. The Bertz CT molecular complexity index is 802. The van der Waals surface area contributed by atoms with Crippen LogP contribution in [-0.4, -0.2) is 56.9 Å². The van der Waals surface area contributed by atoms with Crippen LogP contribution in [0.1, 0.15) is 26.2 Å². The molecule has 0 spiro atoms. The largest absolute Gasteiger partial charge is 0.341 e. The van der Waals surface area contributed by atoms with Crippen molar-refractivity contribution in [1.29, 1.82) is 0 Å². The molecule has 9 heteroatoms. The van der Waals surface area contributed by atoms with E-state index in [1.54, 1.807) is 12.1 Å². The second kappa shape index (κ2) is 8.26. The maximum atomic E-state index is 12.2. The second-order valence-electron chi connectivity index (χ2n) is 6.93. The van der Waals surface area contributed by atoms with Crippen LogP contribution in [0.15, 0.2) is 28.8 Å². The highest BCUT2D eigenvalue weighted by Gasteiger charge is 2.22. The third kappa shape index (κ3) is 4.68. The first kappa shape index (κ1) is 19.0. The molecular weight excluding hydrogens is 350 g/mol. The molecule has 27 heavy (non-hydrogen) atoms. The number of aromatic nitrogens is 2. The van der Waals surface area contributed by atoms with Gasteiger partial charge in [0, 0.05) is 49.8 Å². The minimum absolute atomic E-state index is 0.0109. The third-order valence-corrected chi connectivity index (χ3v) is 4.56. The molecule has 0 bridgehead atoms. The van der Waals surface area contributed by atoms with Crippen molar-refractivity contribution in [2.75, 3.05) is 26.2 Å². The normalized spacial score (nSPS) is 15.7. The number of hydrogen-bond acceptors (Lipinski definition) is 7. The number of nitro groups is 1. The van der Waals surface area contributed by atoms with E-state index in [0.717, 1.165) is 26.1 Å². The topological polar surface area (TPSA) is 106 Å². The zero-order valence-electron chi connectivity index (χ0n) is 15.5. The van der Waals surface area contributed by atoms with Gasteiger partial charge in [0.1, 0.15) is 0 Å². The summed E-state index contributed by atoms with van der Waals surface area (Å²) in [5, 5.41) is 14.7. The number of amides is 1. The number of nitrogens with zero attached hydrogens (tertiary/aromatic N) is 5. The smallest absolute Gasteiger partial charge is 0.269 e. The van der Waals surface area contributed by atoms with Crippen molar-refractivity contribution in [3.8, 4) is 11.4 Å². The summed E-state index contributed by atoms with van der Waals surface area (Å²) in [6.07, 6.45) is 0.905. The summed E-state index contributed by atoms with van der Waals surface area (Å²) >= 11 is 0. The minimum atomic E-state index is -0.446. The quantitative estimate of drug-likeness (QED) is 0.585. The van der Waals surface area contributed by atoms with Crippen LogP contribution in [0.4, 0.5) is 5.69 Å². The van der Waals surface area contributed by atoms with Gasteiger partial charge in [0.2, 0.25) is 17.6 Å². The van der Waals surface area contributed by atoms with Gasteiger partial charge in [-0.25, -0.2) is 0 Å². The number of benzene rings is 1. The molecule has 0 unspecified atom stereocenters. The Morgan fingerprint density at radius 3 is 2.63 bits per heavy atom. The summed E-state index contributed by atoms with van der Waals surface area (Å²) in [4.78, 5) is 31.0. The first-order chi connectivity index (χ1) is 12.9. The van der Waals surface area contributed by atoms with Gasteiger partial charge >= 0.3 is 0 Å². The number of nitro benzene ring substituents is 1. The number of non-ortho nitro benzene ring substituents is 1. The highest BCUT2D eigenvalue weighted by atomic mass is 16.6. The monoisotopic (exact) mass is 373 g/mol. The highest BCUT2D eigenvalue weighted by molar-refractivity contribution is 5.78. The molecule has 0 aliphatic carbocycles. The Hall–Kier alpha value is -2.81. The van der Waals surface area contributed by atoms with Gasteiger partial charge in [0.05, 0.1) is 11.5 Å². The standard InChI is InChI=1S/C18H23N5O4/c1-13(2)18(24)22-9-3-8-21(10-11-22)12-16-19-17(20-27-16)14-4-6-15(7-5-14)23(25)26/h4-7,13H,3,8-12H2,1-2H3. The second-order valence-corrected chi connectivity index (χ2v) is 6.93. The lowest BCUT2D eigenvalue weighted by Crippen LogP contribution is -2.37. The molecule has 1 fully saturated rings. The molecule has 0 atom stereocenters. The van der Waals surface area contributed by atoms with Crippen molar-refractivity contribution in [3.63, 3.8) is 0 Å². The van der Waals surface area contributed by atoms with Crippen molar-refractivity contribution in [2.45, 2.75) is 26.8 Å². The maximum absolute atomic E-state index is 12.2. The lowest BCUT2D eigenvalue weighted by Gasteiger charge is -2.22. The molecule has 1 amide bonds. The van der Waals surface area contributed by atoms with E-state index in [9.17, 15) is 14.9 Å². The van der Waals surface area contributed by atoms with E-state index in [1.807, 2.05) is 18.7 Å². The van der Waals surface area contributed by atoms with Crippen LogP contribution in [0.5, 0.6) is 0 Å². The third-order valence-electron chi connectivity index (χ3n) is 4.56. The van der Waals surface area contributed by atoms with Gasteiger partial charge in [-0.1, -0.05) is 19.0 Å². The summed E-state index contributed by atoms with van der Waals surface area (Å²) in [6.45, 7) is 7.44. The van der Waals surface area contributed by atoms with Crippen LogP contribution < -0.4 is 0 Å². The lowest BCUT2D eigenvalue weighted by atomic mass is 10.2. The zero-order valence-corrected chi connectivity index (χ0v) is 15.5. The van der Waals surface area contributed by atoms with E-state index in [1.165, 1.54) is 12.1 Å². The molecule has 0 N–H and O–H groups in total. The van der Waals surface area contributed by atoms with Gasteiger partial charge in [-0.15, -0.1) is 0 Å². The number of hydrogen-bond donors (Lipinski definition) is 0. The summed E-state index contributed by atoms with van der Waals surface area (Å²) < 4.78 is 5.34. The predicted molar refractivity (Wildman–Crippen MR) is 97.7 cm³/mol. The zero-order chi connectivity index (χ0) is 19.4. The average molecular weight is 373 g/mol. The highest BCUT2D eigenvalue weighted by Crippen LogP contribution is 2.20. The van der Waals surface area contributed by atoms with Crippen molar-refractivity contribution >= 4 is 11.6 Å². The van der Waals surface area contributed by atoms with Crippen LogP contribution in [0, 0.1) is 16.0 Å². The van der Waals surface area contributed by atoms with Crippen LogP contribution in [0.2, 0.25) is 0 Å². The SMILES string of the molecule is CC(C)C(=O)N1CCCN(Cc2nc(-c3ccc([N+](=O)[O-])cc3)no2)CC1. The van der Waals surface area contributed by atoms with Crippen molar-refractivity contribution in [3.05, 3.63) is 40.3 Å². The molecule has 1 aliphatic rings. The Kier molecular flexibility index (Phi) is 5.80. The average Bonchev–Trinajstić information content (AvgIpc) is 2.99. The van der Waals surface area contributed by atoms with E-state index >= 15 is 0 Å². The summed E-state index contributed by atoms with van der Waals surface area (Å²) in [7, 11) is 0. The Morgan fingerprint density at radius 1 is 1.22 bits per heavy atom. The number of rotatable bonds is 5. The lowest BCUT2D eigenvalue weighted by molar-refractivity contribution is -0.384. The molecule has 0 saturated carbocycles. The van der Waals surface area contributed by atoms with Crippen LogP contribution in [0.3, 0.4) is 0 Å². The van der Waals surface area contributed by atoms with Crippen LogP contribution in [-0.2, 0) is 11.3 Å². The summed E-state index contributed by atoms with van der Waals surface area (Å²) in [6, 6.07) is 6.04. The maximum Gasteiger partial charge on any atom is 0.269 e. The Balaban J connectivity index is 1.60. The van der Waals surface area contributed by atoms with Crippen molar-refractivity contribution < 1.29 is 14.2 Å². The van der Waals surface area contributed by atoms with E-state index in [2.05, 4.69) is 15.0 Å². The molecule has 1 aliphatic heterocycles. The van der Waals surface area contributed by atoms with Gasteiger partial charge in [0.15, 0.2) is 0 Å². The minimum Gasteiger partial charge on any atom is -0.341 e. The molecule has 2 heterocycles.